The van der Waals surface area contributed by atoms with Gasteiger partial charge in [0.05, 0.1) is 23.7 Å². The van der Waals surface area contributed by atoms with Crippen LogP contribution >= 0.6 is 23.2 Å². The summed E-state index contributed by atoms with van der Waals surface area (Å²) in [5, 5.41) is 3.30. The van der Waals surface area contributed by atoms with Crippen molar-refractivity contribution in [1.29, 1.82) is 0 Å². The summed E-state index contributed by atoms with van der Waals surface area (Å²) >= 11 is 12.0. The van der Waals surface area contributed by atoms with Gasteiger partial charge < -0.3 is 15.0 Å². The minimum atomic E-state index is -0.650. The number of halogens is 4. The monoisotopic (exact) mass is 504 g/mol. The third-order valence-corrected chi connectivity index (χ3v) is 6.37. The first kappa shape index (κ1) is 24.3. The SMILES string of the molecule is O=C(Cc1ccccc1)Nc1cc(OCC2CCN(c3c(F)cc(Cl)cc3F)CC2)ccc1Cl. The molecule has 0 unspecified atom stereocenters. The molecule has 8 heteroatoms. The third-order valence-electron chi connectivity index (χ3n) is 5.82. The second-order valence-electron chi connectivity index (χ2n) is 8.31. The Morgan fingerprint density at radius 1 is 1.00 bits per heavy atom. The molecule has 1 N–H and O–H groups in total. The smallest absolute Gasteiger partial charge is 0.228 e. The number of carbonyl (C=O) groups excluding carboxylic acids is 1. The number of hydrogen-bond donors (Lipinski definition) is 1. The molecule has 178 valence electrons. The Hall–Kier alpha value is -2.83. The van der Waals surface area contributed by atoms with Crippen molar-refractivity contribution in [3.05, 3.63) is 87.9 Å². The van der Waals surface area contributed by atoms with Gasteiger partial charge in [-0.2, -0.15) is 0 Å². The number of hydrogen-bond acceptors (Lipinski definition) is 3. The molecule has 1 saturated heterocycles. The van der Waals surface area contributed by atoms with E-state index in [-0.39, 0.29) is 29.0 Å². The number of amides is 1. The van der Waals surface area contributed by atoms with Gasteiger partial charge in [0.1, 0.15) is 11.4 Å². The average Bonchev–Trinajstić information content (AvgIpc) is 2.80. The number of ether oxygens (including phenoxy) is 1. The summed E-state index contributed by atoms with van der Waals surface area (Å²) in [5.74, 6) is -0.636. The van der Waals surface area contributed by atoms with Gasteiger partial charge in [0, 0.05) is 24.2 Å². The van der Waals surface area contributed by atoms with Crippen LogP contribution in [0.4, 0.5) is 20.2 Å². The van der Waals surface area contributed by atoms with Crippen LogP contribution in [0.15, 0.2) is 60.7 Å². The predicted octanol–water partition coefficient (Wildman–Crippen LogP) is 6.75. The van der Waals surface area contributed by atoms with Crippen molar-refractivity contribution in [3.8, 4) is 5.75 Å². The zero-order chi connectivity index (χ0) is 24.1. The van der Waals surface area contributed by atoms with E-state index in [1.54, 1.807) is 23.1 Å². The number of rotatable bonds is 7. The highest BCUT2D eigenvalue weighted by Crippen LogP contribution is 2.32. The van der Waals surface area contributed by atoms with Crippen molar-refractivity contribution >= 4 is 40.5 Å². The lowest BCUT2D eigenvalue weighted by atomic mass is 9.97. The summed E-state index contributed by atoms with van der Waals surface area (Å²) in [7, 11) is 0. The molecule has 1 aliphatic heterocycles. The molecule has 1 fully saturated rings. The van der Waals surface area contributed by atoms with E-state index in [0.29, 0.717) is 36.2 Å². The van der Waals surface area contributed by atoms with Gasteiger partial charge in [-0.25, -0.2) is 8.78 Å². The third kappa shape index (κ3) is 6.19. The number of benzene rings is 3. The molecule has 4 rings (SSSR count). The lowest BCUT2D eigenvalue weighted by Gasteiger charge is -2.33. The van der Waals surface area contributed by atoms with Crippen molar-refractivity contribution in [1.82, 2.24) is 0 Å². The Kier molecular flexibility index (Phi) is 7.91. The lowest BCUT2D eigenvalue weighted by molar-refractivity contribution is -0.115. The summed E-state index contributed by atoms with van der Waals surface area (Å²) in [5.41, 5.74) is 1.37. The van der Waals surface area contributed by atoms with Crippen LogP contribution in [0, 0.1) is 17.6 Å². The highest BCUT2D eigenvalue weighted by atomic mass is 35.5. The first-order chi connectivity index (χ1) is 16.4. The number of carbonyl (C=O) groups is 1. The molecular weight excluding hydrogens is 481 g/mol. The van der Waals surface area contributed by atoms with Crippen LogP contribution in [0.5, 0.6) is 5.75 Å². The number of piperidine rings is 1. The largest absolute Gasteiger partial charge is 0.493 e. The molecular formula is C26H24Cl2F2N2O2. The molecule has 0 atom stereocenters. The van der Waals surface area contributed by atoms with E-state index < -0.39 is 11.6 Å². The second kappa shape index (κ2) is 11.1. The molecule has 0 aromatic heterocycles. The minimum absolute atomic E-state index is 0.0302. The van der Waals surface area contributed by atoms with E-state index in [1.165, 1.54) is 0 Å². The van der Waals surface area contributed by atoms with Gasteiger partial charge >= 0.3 is 0 Å². The van der Waals surface area contributed by atoms with Crippen molar-refractivity contribution in [2.75, 3.05) is 29.9 Å². The highest BCUT2D eigenvalue weighted by Gasteiger charge is 2.24. The lowest BCUT2D eigenvalue weighted by Crippen LogP contribution is -2.36. The van der Waals surface area contributed by atoms with E-state index in [2.05, 4.69) is 5.32 Å². The van der Waals surface area contributed by atoms with Crippen molar-refractivity contribution in [2.24, 2.45) is 5.92 Å². The van der Waals surface area contributed by atoms with Gasteiger partial charge in [0.15, 0.2) is 11.6 Å². The van der Waals surface area contributed by atoms with Crippen LogP contribution < -0.4 is 15.0 Å². The Balaban J connectivity index is 1.30. The molecule has 0 spiro atoms. The first-order valence-corrected chi connectivity index (χ1v) is 11.8. The average molecular weight is 505 g/mol. The fourth-order valence-corrected chi connectivity index (χ4v) is 4.40. The number of nitrogens with zero attached hydrogens (tertiary/aromatic N) is 1. The van der Waals surface area contributed by atoms with E-state index >= 15 is 0 Å². The fourth-order valence-electron chi connectivity index (χ4n) is 4.04. The Morgan fingerprint density at radius 2 is 1.68 bits per heavy atom. The van der Waals surface area contributed by atoms with Gasteiger partial charge in [0.2, 0.25) is 5.91 Å². The quantitative estimate of drug-likeness (QED) is 0.386. The molecule has 0 aliphatic carbocycles. The molecule has 34 heavy (non-hydrogen) atoms. The van der Waals surface area contributed by atoms with Gasteiger partial charge in [-0.05, 0) is 48.6 Å². The Labute approximate surface area is 207 Å². The van der Waals surface area contributed by atoms with Crippen LogP contribution in [0.1, 0.15) is 18.4 Å². The maximum Gasteiger partial charge on any atom is 0.228 e. The predicted molar refractivity (Wildman–Crippen MR) is 132 cm³/mol. The standard InChI is InChI=1S/C26H24Cl2F2N2O2/c27-19-13-22(29)26(23(30)14-19)32-10-8-18(9-11-32)16-34-20-6-7-21(28)24(15-20)31-25(33)12-17-4-2-1-3-5-17/h1-7,13-15,18H,8-12,16H2,(H,31,33). The Bertz CT molecular complexity index is 1130. The number of nitrogens with one attached hydrogen (secondary N) is 1. The van der Waals surface area contributed by atoms with Crippen LogP contribution in [-0.4, -0.2) is 25.6 Å². The van der Waals surface area contributed by atoms with Crippen molar-refractivity contribution < 1.29 is 18.3 Å². The number of anilines is 2. The molecule has 0 saturated carbocycles. The maximum absolute atomic E-state index is 14.2. The molecule has 3 aromatic rings. The van der Waals surface area contributed by atoms with Crippen LogP contribution in [0.2, 0.25) is 10.0 Å². The fraction of sp³-hybridized carbons (Fsp3) is 0.269. The molecule has 3 aromatic carbocycles. The van der Waals surface area contributed by atoms with Crippen LogP contribution in [0.25, 0.3) is 0 Å². The van der Waals surface area contributed by atoms with Gasteiger partial charge in [0.25, 0.3) is 0 Å². The van der Waals surface area contributed by atoms with Crippen LogP contribution in [0.3, 0.4) is 0 Å². The minimum Gasteiger partial charge on any atom is -0.493 e. The molecule has 1 amide bonds. The van der Waals surface area contributed by atoms with E-state index in [0.717, 1.165) is 30.5 Å². The molecule has 0 radical (unpaired) electrons. The summed E-state index contributed by atoms with van der Waals surface area (Å²) in [6.07, 6.45) is 1.71. The zero-order valence-electron chi connectivity index (χ0n) is 18.4. The summed E-state index contributed by atoms with van der Waals surface area (Å²) in [4.78, 5) is 14.1. The highest BCUT2D eigenvalue weighted by molar-refractivity contribution is 6.33. The second-order valence-corrected chi connectivity index (χ2v) is 9.16. The van der Waals surface area contributed by atoms with Gasteiger partial charge in [-0.1, -0.05) is 53.5 Å². The molecule has 1 heterocycles. The van der Waals surface area contributed by atoms with Gasteiger partial charge in [-0.15, -0.1) is 0 Å². The zero-order valence-corrected chi connectivity index (χ0v) is 19.9. The normalized spacial score (nSPS) is 14.2. The summed E-state index contributed by atoms with van der Waals surface area (Å²) in [6, 6.07) is 16.9. The van der Waals surface area contributed by atoms with E-state index in [9.17, 15) is 13.6 Å². The van der Waals surface area contributed by atoms with Crippen molar-refractivity contribution in [2.45, 2.75) is 19.3 Å². The van der Waals surface area contributed by atoms with Gasteiger partial charge in [-0.3, -0.25) is 4.79 Å². The van der Waals surface area contributed by atoms with E-state index in [4.69, 9.17) is 27.9 Å². The summed E-state index contributed by atoms with van der Waals surface area (Å²) in [6.45, 7) is 1.49. The van der Waals surface area contributed by atoms with E-state index in [1.807, 2.05) is 30.3 Å². The first-order valence-electron chi connectivity index (χ1n) is 11.0. The molecule has 0 bridgehead atoms. The van der Waals surface area contributed by atoms with Crippen LogP contribution in [-0.2, 0) is 11.2 Å². The Morgan fingerprint density at radius 3 is 2.35 bits per heavy atom. The molecule has 4 nitrogen and oxygen atoms in total. The maximum atomic E-state index is 14.2. The van der Waals surface area contributed by atoms with Crippen molar-refractivity contribution in [3.63, 3.8) is 0 Å². The topological polar surface area (TPSA) is 41.6 Å². The molecule has 1 aliphatic rings. The summed E-state index contributed by atoms with van der Waals surface area (Å²) < 4.78 is 34.4.